The summed E-state index contributed by atoms with van der Waals surface area (Å²) in [6, 6.07) is 6.76. The summed E-state index contributed by atoms with van der Waals surface area (Å²) in [5, 5.41) is 5.75. The lowest BCUT2D eigenvalue weighted by Crippen LogP contribution is -2.02. The first-order valence-corrected chi connectivity index (χ1v) is 5.65. The van der Waals surface area contributed by atoms with E-state index in [4.69, 9.17) is 5.73 Å². The van der Waals surface area contributed by atoms with Crippen molar-refractivity contribution in [3.63, 3.8) is 0 Å². The Morgan fingerprint density at radius 2 is 2.12 bits per heavy atom. The molecule has 1 aliphatic rings. The van der Waals surface area contributed by atoms with E-state index in [1.165, 1.54) is 23.9 Å². The zero-order valence-electron chi connectivity index (χ0n) is 9.33. The van der Waals surface area contributed by atoms with Gasteiger partial charge in [-0.05, 0) is 38.0 Å². The Labute approximate surface area is 94.7 Å². The smallest absolute Gasteiger partial charge is 0.0424 e. The van der Waals surface area contributed by atoms with Crippen LogP contribution in [0.25, 0.3) is 10.8 Å². The fraction of sp³-hybridized carbons (Fsp3) is 0.308. The van der Waals surface area contributed by atoms with E-state index < -0.39 is 0 Å². The number of nitrogens with two attached hydrogens (primary N) is 1. The third-order valence-electron chi connectivity index (χ3n) is 3.01. The van der Waals surface area contributed by atoms with Gasteiger partial charge in [-0.25, -0.2) is 0 Å². The second-order valence-electron chi connectivity index (χ2n) is 4.49. The monoisotopic (exact) mass is 213 g/mol. The van der Waals surface area contributed by atoms with Crippen molar-refractivity contribution in [1.82, 2.24) is 4.98 Å². The van der Waals surface area contributed by atoms with E-state index in [0.717, 1.165) is 16.8 Å². The van der Waals surface area contributed by atoms with Crippen LogP contribution >= 0.6 is 0 Å². The summed E-state index contributed by atoms with van der Waals surface area (Å²) >= 11 is 0. The summed E-state index contributed by atoms with van der Waals surface area (Å²) in [5.41, 5.74) is 8.95. The van der Waals surface area contributed by atoms with Gasteiger partial charge in [0.25, 0.3) is 0 Å². The first-order valence-electron chi connectivity index (χ1n) is 5.65. The molecule has 1 heterocycles. The van der Waals surface area contributed by atoms with Gasteiger partial charge in [0, 0.05) is 40.1 Å². The lowest BCUT2D eigenvalue weighted by molar-refractivity contribution is 1.16. The van der Waals surface area contributed by atoms with Crippen LogP contribution in [0.4, 0.5) is 11.4 Å². The normalized spacial score (nSPS) is 15.3. The number of nitrogens with one attached hydrogen (secondary N) is 1. The molecule has 3 N–H and O–H groups in total. The largest absolute Gasteiger partial charge is 0.398 e. The molecule has 82 valence electrons. The second kappa shape index (κ2) is 3.37. The minimum Gasteiger partial charge on any atom is -0.398 e. The number of hydrogen-bond acceptors (Lipinski definition) is 3. The molecule has 1 aromatic heterocycles. The van der Waals surface area contributed by atoms with Crippen LogP contribution in [0.15, 0.2) is 24.4 Å². The Bertz CT molecular complexity index is 544. The molecule has 0 aliphatic heterocycles. The first-order chi connectivity index (χ1) is 7.74. The topological polar surface area (TPSA) is 50.9 Å². The van der Waals surface area contributed by atoms with Crippen LogP contribution in [0.1, 0.15) is 18.5 Å². The van der Waals surface area contributed by atoms with Gasteiger partial charge in [0.2, 0.25) is 0 Å². The zero-order valence-corrected chi connectivity index (χ0v) is 9.33. The molecule has 0 unspecified atom stereocenters. The second-order valence-corrected chi connectivity index (χ2v) is 4.49. The summed E-state index contributed by atoms with van der Waals surface area (Å²) in [6.45, 7) is 2.00. The van der Waals surface area contributed by atoms with Gasteiger partial charge < -0.3 is 11.1 Å². The predicted molar refractivity (Wildman–Crippen MR) is 67.5 cm³/mol. The fourth-order valence-corrected chi connectivity index (χ4v) is 1.94. The molecule has 0 amide bonds. The molecule has 3 rings (SSSR count). The number of benzene rings is 1. The SMILES string of the molecule is Cc1cc2c(NC3CC3)ccc(N)c2cn1. The Balaban J connectivity index is 2.18. The van der Waals surface area contributed by atoms with Crippen molar-refractivity contribution in [1.29, 1.82) is 0 Å². The number of aryl methyl sites for hydroxylation is 1. The molecule has 2 aromatic rings. The molecule has 16 heavy (non-hydrogen) atoms. The molecule has 0 bridgehead atoms. The van der Waals surface area contributed by atoms with Crippen LogP contribution in [0, 0.1) is 6.92 Å². The number of nitrogen functional groups attached to an aromatic ring is 1. The number of pyridine rings is 1. The van der Waals surface area contributed by atoms with Crippen LogP contribution in [0.3, 0.4) is 0 Å². The van der Waals surface area contributed by atoms with Crippen molar-refractivity contribution in [3.05, 3.63) is 30.1 Å². The van der Waals surface area contributed by atoms with Crippen LogP contribution in [0.2, 0.25) is 0 Å². The Hall–Kier alpha value is -1.77. The maximum atomic E-state index is 5.95. The molecule has 0 atom stereocenters. The van der Waals surface area contributed by atoms with E-state index in [-0.39, 0.29) is 0 Å². The summed E-state index contributed by atoms with van der Waals surface area (Å²) < 4.78 is 0. The van der Waals surface area contributed by atoms with Crippen molar-refractivity contribution in [2.45, 2.75) is 25.8 Å². The van der Waals surface area contributed by atoms with Crippen molar-refractivity contribution in [2.75, 3.05) is 11.1 Å². The van der Waals surface area contributed by atoms with Crippen molar-refractivity contribution < 1.29 is 0 Å². The molecule has 0 radical (unpaired) electrons. The highest BCUT2D eigenvalue weighted by Crippen LogP contribution is 2.32. The summed E-state index contributed by atoms with van der Waals surface area (Å²) in [5.74, 6) is 0. The lowest BCUT2D eigenvalue weighted by atomic mass is 10.1. The van der Waals surface area contributed by atoms with Gasteiger partial charge in [0.15, 0.2) is 0 Å². The Kier molecular flexibility index (Phi) is 1.99. The van der Waals surface area contributed by atoms with Crippen LogP contribution < -0.4 is 11.1 Å². The third-order valence-corrected chi connectivity index (χ3v) is 3.01. The van der Waals surface area contributed by atoms with Crippen LogP contribution in [-0.2, 0) is 0 Å². The van der Waals surface area contributed by atoms with Gasteiger partial charge in [0.1, 0.15) is 0 Å². The van der Waals surface area contributed by atoms with Crippen molar-refractivity contribution >= 4 is 22.1 Å². The molecule has 0 saturated heterocycles. The molecule has 1 fully saturated rings. The summed E-state index contributed by atoms with van der Waals surface area (Å²) in [4.78, 5) is 4.30. The van der Waals surface area contributed by atoms with E-state index >= 15 is 0 Å². The third kappa shape index (κ3) is 1.58. The minimum absolute atomic E-state index is 0.653. The number of nitrogens with zero attached hydrogens (tertiary/aromatic N) is 1. The molecule has 1 aliphatic carbocycles. The van der Waals surface area contributed by atoms with Crippen molar-refractivity contribution in [3.8, 4) is 0 Å². The highest BCUT2D eigenvalue weighted by Gasteiger charge is 2.21. The van der Waals surface area contributed by atoms with Gasteiger partial charge in [-0.1, -0.05) is 0 Å². The predicted octanol–water partition coefficient (Wildman–Crippen LogP) is 2.70. The van der Waals surface area contributed by atoms with E-state index in [9.17, 15) is 0 Å². The molecular formula is C13H15N3. The average molecular weight is 213 g/mol. The van der Waals surface area contributed by atoms with Gasteiger partial charge in [-0.3, -0.25) is 4.98 Å². The molecule has 3 heteroatoms. The number of aromatic nitrogens is 1. The molecular weight excluding hydrogens is 198 g/mol. The number of hydrogen-bond donors (Lipinski definition) is 2. The zero-order chi connectivity index (χ0) is 11.1. The summed E-state index contributed by atoms with van der Waals surface area (Å²) in [6.07, 6.45) is 4.41. The van der Waals surface area contributed by atoms with E-state index in [2.05, 4.69) is 22.4 Å². The summed E-state index contributed by atoms with van der Waals surface area (Å²) in [7, 11) is 0. The van der Waals surface area contributed by atoms with Crippen LogP contribution in [0.5, 0.6) is 0 Å². The van der Waals surface area contributed by atoms with Gasteiger partial charge in [-0.2, -0.15) is 0 Å². The average Bonchev–Trinajstić information content (AvgIpc) is 3.06. The molecule has 0 spiro atoms. The minimum atomic E-state index is 0.653. The molecule has 3 nitrogen and oxygen atoms in total. The van der Waals surface area contributed by atoms with Gasteiger partial charge in [0.05, 0.1) is 0 Å². The highest BCUT2D eigenvalue weighted by atomic mass is 15.0. The standard InChI is InChI=1S/C13H15N3/c1-8-6-10-11(7-15-8)12(14)4-5-13(10)16-9-2-3-9/h4-7,9,16H,2-3,14H2,1H3. The van der Waals surface area contributed by atoms with E-state index in [1.54, 1.807) is 0 Å². The Morgan fingerprint density at radius 1 is 1.31 bits per heavy atom. The number of anilines is 2. The van der Waals surface area contributed by atoms with E-state index in [0.29, 0.717) is 6.04 Å². The molecule has 1 saturated carbocycles. The van der Waals surface area contributed by atoms with Gasteiger partial charge in [-0.15, -0.1) is 0 Å². The maximum Gasteiger partial charge on any atom is 0.0424 e. The van der Waals surface area contributed by atoms with E-state index in [1.807, 2.05) is 19.2 Å². The quantitative estimate of drug-likeness (QED) is 0.754. The molecule has 1 aromatic carbocycles. The first kappa shape index (κ1) is 9.46. The maximum absolute atomic E-state index is 5.95. The lowest BCUT2D eigenvalue weighted by Gasteiger charge is -2.10. The number of fused-ring (bicyclic) bond motifs is 1. The number of rotatable bonds is 2. The highest BCUT2D eigenvalue weighted by molar-refractivity contribution is 6.00. The van der Waals surface area contributed by atoms with Crippen LogP contribution in [-0.4, -0.2) is 11.0 Å². The Morgan fingerprint density at radius 3 is 2.88 bits per heavy atom. The van der Waals surface area contributed by atoms with Crippen molar-refractivity contribution in [2.24, 2.45) is 0 Å². The fourth-order valence-electron chi connectivity index (χ4n) is 1.94. The van der Waals surface area contributed by atoms with Gasteiger partial charge >= 0.3 is 0 Å².